The molecule has 2 aromatic heterocycles. The van der Waals surface area contributed by atoms with Crippen LogP contribution in [-0.2, 0) is 16.1 Å². The molecule has 0 fully saturated rings. The summed E-state index contributed by atoms with van der Waals surface area (Å²) in [5.41, 5.74) is 0.528. The first-order valence-electron chi connectivity index (χ1n) is 7.83. The first-order chi connectivity index (χ1) is 13.1. The summed E-state index contributed by atoms with van der Waals surface area (Å²) in [6.45, 7) is 0.0995. The van der Waals surface area contributed by atoms with E-state index in [0.717, 1.165) is 0 Å². The fraction of sp³-hybridized carbons (Fsp3) is 0.0526. The molecule has 3 rings (SSSR count). The zero-order valence-electron chi connectivity index (χ0n) is 13.9. The monoisotopic (exact) mass is 379 g/mol. The average molecular weight is 379 g/mol. The number of carbonyl (C=O) groups is 3. The Morgan fingerprint density at radius 1 is 1.04 bits per heavy atom. The summed E-state index contributed by atoms with van der Waals surface area (Å²) in [5.74, 6) is -1.72. The lowest BCUT2D eigenvalue weighted by atomic mass is 10.2. The van der Waals surface area contributed by atoms with Gasteiger partial charge in [0, 0.05) is 4.88 Å². The highest BCUT2D eigenvalue weighted by atomic mass is 32.1. The van der Waals surface area contributed by atoms with E-state index in [9.17, 15) is 14.4 Å². The molecule has 0 aliphatic heterocycles. The van der Waals surface area contributed by atoms with E-state index in [0.29, 0.717) is 9.75 Å². The zero-order chi connectivity index (χ0) is 19.2. The number of hydrogen-bond acceptors (Lipinski definition) is 6. The Morgan fingerprint density at radius 3 is 2.59 bits per heavy atom. The number of thiophene rings is 1. The van der Waals surface area contributed by atoms with Gasteiger partial charge in [0.15, 0.2) is 5.76 Å². The van der Waals surface area contributed by atoms with Crippen LogP contribution < -0.4 is 10.6 Å². The van der Waals surface area contributed by atoms with Crippen molar-refractivity contribution in [1.29, 1.82) is 5.26 Å². The molecule has 0 saturated heterocycles. The second-order valence-electron chi connectivity index (χ2n) is 5.37. The van der Waals surface area contributed by atoms with Crippen LogP contribution in [0.1, 0.15) is 25.9 Å². The predicted octanol–water partition coefficient (Wildman–Crippen LogP) is 2.70. The van der Waals surface area contributed by atoms with E-state index in [4.69, 9.17) is 9.68 Å². The summed E-state index contributed by atoms with van der Waals surface area (Å²) < 4.78 is 5.08. The van der Waals surface area contributed by atoms with Crippen LogP contribution in [0.25, 0.3) is 0 Å². The van der Waals surface area contributed by atoms with Gasteiger partial charge in [0.05, 0.1) is 28.9 Å². The van der Waals surface area contributed by atoms with Gasteiger partial charge in [-0.25, -0.2) is 0 Å². The highest BCUT2D eigenvalue weighted by Gasteiger charge is 2.17. The van der Waals surface area contributed by atoms with Crippen molar-refractivity contribution in [2.45, 2.75) is 6.54 Å². The Bertz CT molecular complexity index is 1030. The van der Waals surface area contributed by atoms with Crippen LogP contribution in [0.4, 0.5) is 5.69 Å². The normalized spacial score (nSPS) is 10.0. The highest BCUT2D eigenvalue weighted by Crippen LogP contribution is 2.20. The Morgan fingerprint density at radius 2 is 1.85 bits per heavy atom. The molecule has 0 radical (unpaired) electrons. The molecular weight excluding hydrogens is 366 g/mol. The lowest BCUT2D eigenvalue weighted by Gasteiger charge is -2.07. The number of anilines is 1. The van der Waals surface area contributed by atoms with E-state index in [1.807, 2.05) is 6.07 Å². The molecule has 2 heterocycles. The smallest absolute Gasteiger partial charge is 0.313 e. The second kappa shape index (κ2) is 8.12. The van der Waals surface area contributed by atoms with Gasteiger partial charge in [0.1, 0.15) is 6.07 Å². The van der Waals surface area contributed by atoms with Gasteiger partial charge in [0.2, 0.25) is 5.78 Å². The van der Waals surface area contributed by atoms with Gasteiger partial charge in [-0.15, -0.1) is 11.3 Å². The summed E-state index contributed by atoms with van der Waals surface area (Å²) in [4.78, 5) is 37.3. The van der Waals surface area contributed by atoms with Crippen LogP contribution >= 0.6 is 11.3 Å². The Kier molecular flexibility index (Phi) is 5.44. The van der Waals surface area contributed by atoms with Gasteiger partial charge < -0.3 is 15.1 Å². The van der Waals surface area contributed by atoms with Crippen molar-refractivity contribution in [3.63, 3.8) is 0 Å². The van der Waals surface area contributed by atoms with Crippen molar-refractivity contribution in [3.8, 4) is 6.07 Å². The highest BCUT2D eigenvalue weighted by molar-refractivity contribution is 7.14. The largest absolute Gasteiger partial charge is 0.461 e. The number of ketones is 1. The van der Waals surface area contributed by atoms with Crippen LogP contribution in [0.3, 0.4) is 0 Å². The number of nitrogens with one attached hydrogen (secondary N) is 2. The number of nitrogens with zero attached hydrogens (tertiary/aromatic N) is 1. The number of carbonyl (C=O) groups excluding carboxylic acids is 3. The van der Waals surface area contributed by atoms with Gasteiger partial charge in [-0.3, -0.25) is 14.4 Å². The van der Waals surface area contributed by atoms with Crippen molar-refractivity contribution >= 4 is 34.6 Å². The number of hydrogen-bond donors (Lipinski definition) is 2. The van der Waals surface area contributed by atoms with Crippen LogP contribution in [0.5, 0.6) is 0 Å². The molecule has 7 nitrogen and oxygen atoms in total. The topological polar surface area (TPSA) is 112 Å². The molecule has 2 amide bonds. The van der Waals surface area contributed by atoms with Gasteiger partial charge in [-0.2, -0.15) is 5.26 Å². The van der Waals surface area contributed by atoms with Crippen molar-refractivity contribution in [1.82, 2.24) is 5.32 Å². The molecule has 0 atom stereocenters. The standard InChI is InChI=1S/C19H13N3O4S/c20-10-12-4-1-2-5-14(12)22-19(25)18(24)21-11-13-7-8-16(27-13)17(23)15-6-3-9-26-15/h1-9H,11H2,(H,21,24)(H,22,25). The summed E-state index contributed by atoms with van der Waals surface area (Å²) >= 11 is 1.20. The molecule has 8 heteroatoms. The lowest BCUT2D eigenvalue weighted by Crippen LogP contribution is -2.34. The number of rotatable bonds is 5. The Hall–Kier alpha value is -3.70. The predicted molar refractivity (Wildman–Crippen MR) is 98.1 cm³/mol. The Labute approximate surface area is 158 Å². The molecule has 0 bridgehead atoms. The molecule has 3 aromatic rings. The fourth-order valence-corrected chi connectivity index (χ4v) is 3.13. The second-order valence-corrected chi connectivity index (χ2v) is 6.53. The summed E-state index contributed by atoms with van der Waals surface area (Å²) in [6, 6.07) is 14.9. The molecule has 1 aromatic carbocycles. The molecule has 27 heavy (non-hydrogen) atoms. The number of furan rings is 1. The number of benzene rings is 1. The first kappa shape index (κ1) is 18.1. The summed E-state index contributed by atoms with van der Waals surface area (Å²) in [7, 11) is 0. The maximum Gasteiger partial charge on any atom is 0.313 e. The third-order valence-corrected chi connectivity index (χ3v) is 4.64. The van der Waals surface area contributed by atoms with E-state index in [1.165, 1.54) is 29.7 Å². The Balaban J connectivity index is 1.57. The van der Waals surface area contributed by atoms with E-state index >= 15 is 0 Å². The molecule has 0 aliphatic carbocycles. The fourth-order valence-electron chi connectivity index (χ4n) is 2.24. The summed E-state index contributed by atoms with van der Waals surface area (Å²) in [5, 5.41) is 13.9. The van der Waals surface area contributed by atoms with E-state index in [2.05, 4.69) is 10.6 Å². The molecule has 0 saturated carbocycles. The quantitative estimate of drug-likeness (QED) is 0.523. The third kappa shape index (κ3) is 4.29. The number of nitriles is 1. The van der Waals surface area contributed by atoms with Crippen LogP contribution in [0.15, 0.2) is 59.2 Å². The molecular formula is C19H13N3O4S. The number of para-hydroxylation sites is 1. The molecule has 134 valence electrons. The third-order valence-electron chi connectivity index (χ3n) is 3.56. The van der Waals surface area contributed by atoms with Crippen LogP contribution in [0.2, 0.25) is 0 Å². The van der Waals surface area contributed by atoms with Crippen molar-refractivity contribution in [2.75, 3.05) is 5.32 Å². The molecule has 0 aliphatic rings. The lowest BCUT2D eigenvalue weighted by molar-refractivity contribution is -0.136. The molecule has 0 spiro atoms. The maximum atomic E-state index is 12.2. The van der Waals surface area contributed by atoms with E-state index in [1.54, 1.807) is 36.4 Å². The minimum Gasteiger partial charge on any atom is -0.461 e. The van der Waals surface area contributed by atoms with Crippen molar-refractivity contribution in [2.24, 2.45) is 0 Å². The van der Waals surface area contributed by atoms with Gasteiger partial charge in [-0.1, -0.05) is 12.1 Å². The molecule has 2 N–H and O–H groups in total. The van der Waals surface area contributed by atoms with Gasteiger partial charge >= 0.3 is 11.8 Å². The summed E-state index contributed by atoms with van der Waals surface area (Å²) in [6.07, 6.45) is 1.42. The van der Waals surface area contributed by atoms with Crippen molar-refractivity contribution < 1.29 is 18.8 Å². The average Bonchev–Trinajstić information content (AvgIpc) is 3.38. The van der Waals surface area contributed by atoms with Crippen LogP contribution in [0, 0.1) is 11.3 Å². The van der Waals surface area contributed by atoms with Crippen LogP contribution in [-0.4, -0.2) is 17.6 Å². The SMILES string of the molecule is N#Cc1ccccc1NC(=O)C(=O)NCc1ccc(C(=O)c2ccco2)s1. The van der Waals surface area contributed by atoms with Gasteiger partial charge in [0.25, 0.3) is 0 Å². The minimum absolute atomic E-state index is 0.0995. The maximum absolute atomic E-state index is 12.2. The molecule has 0 unspecified atom stereocenters. The van der Waals surface area contributed by atoms with E-state index in [-0.39, 0.29) is 29.3 Å². The number of amides is 2. The first-order valence-corrected chi connectivity index (χ1v) is 8.65. The van der Waals surface area contributed by atoms with Crippen molar-refractivity contribution in [3.05, 3.63) is 75.9 Å². The minimum atomic E-state index is -0.874. The van der Waals surface area contributed by atoms with Gasteiger partial charge in [-0.05, 0) is 36.4 Å². The van der Waals surface area contributed by atoms with E-state index < -0.39 is 11.8 Å². The zero-order valence-corrected chi connectivity index (χ0v) is 14.7.